The molecule has 0 saturated heterocycles. The van der Waals surface area contributed by atoms with Crippen LogP contribution in [0.4, 0.5) is 0 Å². The van der Waals surface area contributed by atoms with Crippen LogP contribution in [0.15, 0.2) is 24.3 Å². The Morgan fingerprint density at radius 2 is 1.55 bits per heavy atom. The standard InChI is InChI=1S/C18H22O2/c19-11-13-1-3-17(4-2-13)20-12-18-8-14-5-15(9-18)7-16(6-14)10-18/h1-4,11,14-16H,5-10,12H2. The highest BCUT2D eigenvalue weighted by Crippen LogP contribution is 2.59. The summed E-state index contributed by atoms with van der Waals surface area (Å²) in [4.78, 5) is 10.7. The van der Waals surface area contributed by atoms with Crippen LogP contribution >= 0.6 is 0 Å². The van der Waals surface area contributed by atoms with Crippen LogP contribution < -0.4 is 4.74 Å². The zero-order valence-electron chi connectivity index (χ0n) is 11.9. The van der Waals surface area contributed by atoms with Gasteiger partial charge in [-0.3, -0.25) is 4.79 Å². The summed E-state index contributed by atoms with van der Waals surface area (Å²) in [5, 5.41) is 0. The summed E-state index contributed by atoms with van der Waals surface area (Å²) in [5.74, 6) is 3.83. The van der Waals surface area contributed by atoms with Crippen LogP contribution in [0.25, 0.3) is 0 Å². The predicted molar refractivity (Wildman–Crippen MR) is 77.9 cm³/mol. The first-order valence-electron chi connectivity index (χ1n) is 7.93. The molecule has 4 bridgehead atoms. The Morgan fingerprint density at radius 3 is 2.05 bits per heavy atom. The summed E-state index contributed by atoms with van der Waals surface area (Å²) in [6, 6.07) is 7.51. The summed E-state index contributed by atoms with van der Waals surface area (Å²) in [6.07, 6.45) is 9.46. The van der Waals surface area contributed by atoms with Crippen molar-refractivity contribution in [3.05, 3.63) is 29.8 Å². The fourth-order valence-corrected chi connectivity index (χ4v) is 5.35. The van der Waals surface area contributed by atoms with Gasteiger partial charge in [-0.1, -0.05) is 0 Å². The zero-order valence-corrected chi connectivity index (χ0v) is 11.9. The number of rotatable bonds is 4. The van der Waals surface area contributed by atoms with Crippen LogP contribution in [0.3, 0.4) is 0 Å². The molecule has 0 aromatic heterocycles. The topological polar surface area (TPSA) is 26.3 Å². The van der Waals surface area contributed by atoms with E-state index in [1.807, 2.05) is 24.3 Å². The van der Waals surface area contributed by atoms with Crippen molar-refractivity contribution in [2.75, 3.05) is 6.61 Å². The van der Waals surface area contributed by atoms with Gasteiger partial charge in [0.2, 0.25) is 0 Å². The maximum Gasteiger partial charge on any atom is 0.150 e. The molecule has 2 nitrogen and oxygen atoms in total. The molecule has 0 heterocycles. The van der Waals surface area contributed by atoms with E-state index in [-0.39, 0.29) is 0 Å². The first-order chi connectivity index (χ1) is 9.75. The van der Waals surface area contributed by atoms with Gasteiger partial charge in [-0.15, -0.1) is 0 Å². The molecule has 2 heteroatoms. The molecule has 0 radical (unpaired) electrons. The van der Waals surface area contributed by atoms with Crippen molar-refractivity contribution in [3.63, 3.8) is 0 Å². The van der Waals surface area contributed by atoms with Crippen LogP contribution in [0.1, 0.15) is 48.9 Å². The third kappa shape index (κ3) is 2.15. The zero-order chi connectivity index (χ0) is 13.6. The van der Waals surface area contributed by atoms with Gasteiger partial charge in [0.05, 0.1) is 6.61 Å². The minimum Gasteiger partial charge on any atom is -0.493 e. The number of ether oxygens (including phenoxy) is 1. The van der Waals surface area contributed by atoms with Gasteiger partial charge < -0.3 is 4.74 Å². The number of hydrogen-bond donors (Lipinski definition) is 0. The molecule has 20 heavy (non-hydrogen) atoms. The van der Waals surface area contributed by atoms with Crippen molar-refractivity contribution in [1.29, 1.82) is 0 Å². The lowest BCUT2D eigenvalue weighted by molar-refractivity contribution is -0.0745. The van der Waals surface area contributed by atoms with Crippen molar-refractivity contribution in [2.24, 2.45) is 23.2 Å². The van der Waals surface area contributed by atoms with Gasteiger partial charge in [-0.2, -0.15) is 0 Å². The van der Waals surface area contributed by atoms with E-state index >= 15 is 0 Å². The minimum atomic E-state index is 0.456. The normalized spacial score (nSPS) is 37.9. The lowest BCUT2D eigenvalue weighted by atomic mass is 9.50. The van der Waals surface area contributed by atoms with E-state index in [1.165, 1.54) is 38.5 Å². The van der Waals surface area contributed by atoms with E-state index in [2.05, 4.69) is 0 Å². The van der Waals surface area contributed by atoms with Crippen LogP contribution in [0, 0.1) is 23.2 Å². The maximum atomic E-state index is 10.7. The number of carbonyl (C=O) groups excluding carboxylic acids is 1. The van der Waals surface area contributed by atoms with Gasteiger partial charge >= 0.3 is 0 Å². The smallest absolute Gasteiger partial charge is 0.150 e. The molecule has 4 fully saturated rings. The fourth-order valence-electron chi connectivity index (χ4n) is 5.35. The summed E-state index contributed by atoms with van der Waals surface area (Å²) < 4.78 is 6.07. The lowest BCUT2D eigenvalue weighted by Gasteiger charge is -2.56. The second-order valence-corrected chi connectivity index (χ2v) is 7.39. The second kappa shape index (κ2) is 4.61. The van der Waals surface area contributed by atoms with Crippen molar-refractivity contribution in [1.82, 2.24) is 0 Å². The van der Waals surface area contributed by atoms with Gasteiger partial charge in [0, 0.05) is 11.0 Å². The van der Waals surface area contributed by atoms with E-state index in [1.54, 1.807) is 0 Å². The molecular weight excluding hydrogens is 248 g/mol. The number of hydrogen-bond acceptors (Lipinski definition) is 2. The first-order valence-corrected chi connectivity index (χ1v) is 7.93. The van der Waals surface area contributed by atoms with Crippen molar-refractivity contribution >= 4 is 6.29 Å². The molecule has 4 saturated carbocycles. The van der Waals surface area contributed by atoms with E-state index in [0.29, 0.717) is 11.0 Å². The average molecular weight is 270 g/mol. The highest BCUT2D eigenvalue weighted by atomic mass is 16.5. The van der Waals surface area contributed by atoms with Gasteiger partial charge in [-0.05, 0) is 80.5 Å². The molecule has 4 aliphatic rings. The lowest BCUT2D eigenvalue weighted by Crippen LogP contribution is -2.48. The number of benzene rings is 1. The molecule has 0 aliphatic heterocycles. The quantitative estimate of drug-likeness (QED) is 0.770. The molecule has 0 spiro atoms. The van der Waals surface area contributed by atoms with Crippen LogP contribution in [0.2, 0.25) is 0 Å². The Labute approximate surface area is 120 Å². The van der Waals surface area contributed by atoms with E-state index in [0.717, 1.165) is 36.4 Å². The van der Waals surface area contributed by atoms with Gasteiger partial charge in [0.25, 0.3) is 0 Å². The Bertz CT molecular complexity index is 467. The second-order valence-electron chi connectivity index (χ2n) is 7.39. The highest BCUT2D eigenvalue weighted by molar-refractivity contribution is 5.74. The summed E-state index contributed by atoms with van der Waals surface area (Å²) >= 11 is 0. The highest BCUT2D eigenvalue weighted by Gasteiger charge is 2.51. The third-order valence-electron chi connectivity index (χ3n) is 5.73. The molecule has 1 aromatic carbocycles. The van der Waals surface area contributed by atoms with Crippen molar-refractivity contribution < 1.29 is 9.53 Å². The number of aldehydes is 1. The van der Waals surface area contributed by atoms with E-state index < -0.39 is 0 Å². The summed E-state index contributed by atoms with van der Waals surface area (Å²) in [7, 11) is 0. The third-order valence-corrected chi connectivity index (χ3v) is 5.73. The first kappa shape index (κ1) is 12.4. The van der Waals surface area contributed by atoms with Crippen LogP contribution in [0.5, 0.6) is 5.75 Å². The van der Waals surface area contributed by atoms with Crippen LogP contribution in [-0.2, 0) is 0 Å². The van der Waals surface area contributed by atoms with Gasteiger partial charge in [0.1, 0.15) is 12.0 Å². The Hall–Kier alpha value is -1.31. The van der Waals surface area contributed by atoms with Crippen molar-refractivity contribution in [2.45, 2.75) is 38.5 Å². The molecular formula is C18H22O2. The Balaban J connectivity index is 1.44. The molecule has 0 N–H and O–H groups in total. The van der Waals surface area contributed by atoms with Gasteiger partial charge in [0.15, 0.2) is 0 Å². The molecule has 5 rings (SSSR count). The molecule has 0 unspecified atom stereocenters. The van der Waals surface area contributed by atoms with E-state index in [9.17, 15) is 4.79 Å². The molecule has 1 aromatic rings. The van der Waals surface area contributed by atoms with Crippen LogP contribution in [-0.4, -0.2) is 12.9 Å². The van der Waals surface area contributed by atoms with E-state index in [4.69, 9.17) is 4.74 Å². The molecule has 4 aliphatic carbocycles. The molecule has 0 amide bonds. The Morgan fingerprint density at radius 1 is 1.00 bits per heavy atom. The number of carbonyl (C=O) groups is 1. The summed E-state index contributed by atoms with van der Waals surface area (Å²) in [5.41, 5.74) is 1.17. The Kier molecular flexibility index (Phi) is 2.87. The average Bonchev–Trinajstić information content (AvgIpc) is 2.44. The fraction of sp³-hybridized carbons (Fsp3) is 0.611. The minimum absolute atomic E-state index is 0.456. The van der Waals surface area contributed by atoms with Gasteiger partial charge in [-0.25, -0.2) is 0 Å². The maximum absolute atomic E-state index is 10.7. The van der Waals surface area contributed by atoms with Crippen molar-refractivity contribution in [3.8, 4) is 5.75 Å². The largest absolute Gasteiger partial charge is 0.493 e. The monoisotopic (exact) mass is 270 g/mol. The molecule has 0 atom stereocenters. The predicted octanol–water partition coefficient (Wildman–Crippen LogP) is 4.09. The molecule has 106 valence electrons. The summed E-state index contributed by atoms with van der Waals surface area (Å²) in [6.45, 7) is 0.872. The SMILES string of the molecule is O=Cc1ccc(OCC23CC4CC(CC(C4)C2)C3)cc1.